The molecule has 2 unspecified atom stereocenters. The van der Waals surface area contributed by atoms with Gasteiger partial charge >= 0.3 is 0 Å². The molecule has 4 heteroatoms. The Morgan fingerprint density at radius 2 is 2.11 bits per heavy atom. The molecule has 0 radical (unpaired) electrons. The van der Waals surface area contributed by atoms with Crippen LogP contribution in [0.1, 0.15) is 30.6 Å². The molecule has 1 aliphatic rings. The van der Waals surface area contributed by atoms with Crippen LogP contribution < -0.4 is 5.32 Å². The lowest BCUT2D eigenvalue weighted by atomic mass is 9.82. The molecule has 2 atom stereocenters. The maximum absolute atomic E-state index is 13.7. The molecule has 0 saturated carbocycles. The van der Waals surface area contributed by atoms with E-state index < -0.39 is 0 Å². The van der Waals surface area contributed by atoms with Crippen LogP contribution in [0.3, 0.4) is 0 Å². The number of halogens is 2. The smallest absolute Gasteiger partial charge is 0.137 e. The average molecular weight is 284 g/mol. The molecule has 19 heavy (non-hydrogen) atoms. The highest BCUT2D eigenvalue weighted by Crippen LogP contribution is 2.36. The number of rotatable bonds is 1. The van der Waals surface area contributed by atoms with Crippen LogP contribution in [0.15, 0.2) is 22.6 Å². The van der Waals surface area contributed by atoms with E-state index in [-0.39, 0.29) is 18.2 Å². The lowest BCUT2D eigenvalue weighted by molar-refractivity contribution is 0.348. The third-order valence-electron chi connectivity index (χ3n) is 3.92. The summed E-state index contributed by atoms with van der Waals surface area (Å²) in [7, 11) is 0. The summed E-state index contributed by atoms with van der Waals surface area (Å²) in [5.41, 5.74) is 1.90. The van der Waals surface area contributed by atoms with Crippen molar-refractivity contribution in [2.45, 2.75) is 26.2 Å². The summed E-state index contributed by atoms with van der Waals surface area (Å²) >= 11 is 0. The molecule has 2 heterocycles. The Bertz CT molecular complexity index is 581. The maximum atomic E-state index is 13.7. The van der Waals surface area contributed by atoms with Crippen LogP contribution in [-0.2, 0) is 0 Å². The Balaban J connectivity index is 0.00000133. The Hall–Kier alpha value is -1.06. The zero-order valence-corrected chi connectivity index (χ0v) is 12.0. The first-order valence-electron chi connectivity index (χ1n) is 6.55. The van der Waals surface area contributed by atoms with E-state index in [2.05, 4.69) is 12.2 Å². The van der Waals surface area contributed by atoms with Crippen molar-refractivity contribution in [2.24, 2.45) is 5.92 Å². The predicted octanol–water partition coefficient (Wildman–Crippen LogP) is 4.02. The van der Waals surface area contributed by atoms with Crippen molar-refractivity contribution >= 4 is 23.4 Å². The Kier molecular flexibility index (Phi) is 4.16. The fourth-order valence-electron chi connectivity index (χ4n) is 3.02. The molecule has 1 aliphatic heterocycles. The molecule has 0 bridgehead atoms. The van der Waals surface area contributed by atoms with Crippen molar-refractivity contribution in [3.63, 3.8) is 0 Å². The van der Waals surface area contributed by atoms with Gasteiger partial charge in [-0.1, -0.05) is 6.92 Å². The highest BCUT2D eigenvalue weighted by Gasteiger charge is 2.26. The molecule has 104 valence electrons. The molecule has 1 N–H and O–H groups in total. The van der Waals surface area contributed by atoms with Gasteiger partial charge < -0.3 is 9.73 Å². The SMILES string of the molecule is Cc1cc2cc(F)cc(C3CCNCC3C)c2o1.Cl. The van der Waals surface area contributed by atoms with Gasteiger partial charge in [-0.05, 0) is 56.5 Å². The van der Waals surface area contributed by atoms with Crippen LogP contribution in [0.25, 0.3) is 11.0 Å². The second kappa shape index (κ2) is 5.51. The lowest BCUT2D eigenvalue weighted by Crippen LogP contribution is -2.33. The number of hydrogen-bond donors (Lipinski definition) is 1. The van der Waals surface area contributed by atoms with E-state index in [9.17, 15) is 4.39 Å². The number of piperidine rings is 1. The predicted molar refractivity (Wildman–Crippen MR) is 77.5 cm³/mol. The fraction of sp³-hybridized carbons (Fsp3) is 0.467. The van der Waals surface area contributed by atoms with Crippen LogP contribution >= 0.6 is 12.4 Å². The van der Waals surface area contributed by atoms with E-state index in [1.54, 1.807) is 12.1 Å². The van der Waals surface area contributed by atoms with E-state index in [4.69, 9.17) is 4.42 Å². The molecule has 2 nitrogen and oxygen atoms in total. The van der Waals surface area contributed by atoms with Gasteiger partial charge in [0.15, 0.2) is 0 Å². The van der Waals surface area contributed by atoms with Gasteiger partial charge in [-0.15, -0.1) is 12.4 Å². The summed E-state index contributed by atoms with van der Waals surface area (Å²) in [5.74, 6) is 1.58. The van der Waals surface area contributed by atoms with Gasteiger partial charge in [0.05, 0.1) is 0 Å². The minimum atomic E-state index is -0.163. The minimum absolute atomic E-state index is 0. The normalized spacial score (nSPS) is 23.3. The summed E-state index contributed by atoms with van der Waals surface area (Å²) in [6.45, 7) is 6.10. The highest BCUT2D eigenvalue weighted by molar-refractivity contribution is 5.85. The lowest BCUT2D eigenvalue weighted by Gasteiger charge is -2.29. The molecule has 0 spiro atoms. The van der Waals surface area contributed by atoms with Crippen LogP contribution in [-0.4, -0.2) is 13.1 Å². The van der Waals surface area contributed by atoms with Crippen molar-refractivity contribution in [2.75, 3.05) is 13.1 Å². The number of furan rings is 1. The van der Waals surface area contributed by atoms with Gasteiger partial charge in [0.1, 0.15) is 17.2 Å². The molecule has 0 amide bonds. The van der Waals surface area contributed by atoms with Crippen molar-refractivity contribution in [3.05, 3.63) is 35.3 Å². The topological polar surface area (TPSA) is 25.2 Å². The first kappa shape index (κ1) is 14.4. The number of hydrogen-bond acceptors (Lipinski definition) is 2. The molecule has 1 saturated heterocycles. The summed E-state index contributed by atoms with van der Waals surface area (Å²) < 4.78 is 19.5. The van der Waals surface area contributed by atoms with Crippen LogP contribution in [0, 0.1) is 18.7 Å². The van der Waals surface area contributed by atoms with Crippen molar-refractivity contribution < 1.29 is 8.81 Å². The standard InChI is InChI=1S/C15H18FNO.ClH/c1-9-8-17-4-3-13(9)14-7-12(16)6-11-5-10(2)18-15(11)14;/h5-7,9,13,17H,3-4,8H2,1-2H3;1H. The number of nitrogens with one attached hydrogen (secondary N) is 1. The van der Waals surface area contributed by atoms with Gasteiger partial charge in [-0.25, -0.2) is 4.39 Å². The summed E-state index contributed by atoms with van der Waals surface area (Å²) in [4.78, 5) is 0. The molecule has 1 aromatic carbocycles. The molecular formula is C15H19ClFNO. The Labute approximate surface area is 118 Å². The van der Waals surface area contributed by atoms with Gasteiger partial charge in [0, 0.05) is 10.9 Å². The van der Waals surface area contributed by atoms with Gasteiger partial charge in [0.2, 0.25) is 0 Å². The van der Waals surface area contributed by atoms with Gasteiger partial charge in [0.25, 0.3) is 0 Å². The van der Waals surface area contributed by atoms with Crippen molar-refractivity contribution in [3.8, 4) is 0 Å². The van der Waals surface area contributed by atoms with Crippen LogP contribution in [0.4, 0.5) is 4.39 Å². The third-order valence-corrected chi connectivity index (χ3v) is 3.92. The van der Waals surface area contributed by atoms with Gasteiger partial charge in [-0.2, -0.15) is 0 Å². The maximum Gasteiger partial charge on any atom is 0.137 e. The fourth-order valence-corrected chi connectivity index (χ4v) is 3.02. The number of benzene rings is 1. The summed E-state index contributed by atoms with van der Waals surface area (Å²) in [5, 5.41) is 4.26. The molecule has 1 aromatic heterocycles. The van der Waals surface area contributed by atoms with Crippen molar-refractivity contribution in [1.82, 2.24) is 5.32 Å². The van der Waals surface area contributed by atoms with Gasteiger partial charge in [-0.3, -0.25) is 0 Å². The monoisotopic (exact) mass is 283 g/mol. The van der Waals surface area contributed by atoms with E-state index in [1.807, 2.05) is 13.0 Å². The molecule has 2 aromatic rings. The van der Waals surface area contributed by atoms with E-state index in [1.165, 1.54) is 0 Å². The van der Waals surface area contributed by atoms with Crippen LogP contribution in [0.5, 0.6) is 0 Å². The summed E-state index contributed by atoms with van der Waals surface area (Å²) in [6, 6.07) is 5.12. The zero-order chi connectivity index (χ0) is 12.7. The minimum Gasteiger partial charge on any atom is -0.461 e. The largest absolute Gasteiger partial charge is 0.461 e. The number of aryl methyl sites for hydroxylation is 1. The third kappa shape index (κ3) is 2.63. The van der Waals surface area contributed by atoms with E-state index >= 15 is 0 Å². The summed E-state index contributed by atoms with van der Waals surface area (Å²) in [6.07, 6.45) is 1.04. The Morgan fingerprint density at radius 1 is 1.32 bits per heavy atom. The molecule has 3 rings (SSSR count). The Morgan fingerprint density at radius 3 is 2.84 bits per heavy atom. The molecule has 0 aliphatic carbocycles. The second-order valence-corrected chi connectivity index (χ2v) is 5.35. The quantitative estimate of drug-likeness (QED) is 0.855. The van der Waals surface area contributed by atoms with Crippen molar-refractivity contribution in [1.29, 1.82) is 0 Å². The van der Waals surface area contributed by atoms with E-state index in [0.29, 0.717) is 11.8 Å². The number of fused-ring (bicyclic) bond motifs is 1. The van der Waals surface area contributed by atoms with E-state index in [0.717, 1.165) is 41.8 Å². The second-order valence-electron chi connectivity index (χ2n) is 5.35. The first-order chi connectivity index (χ1) is 8.65. The molecular weight excluding hydrogens is 265 g/mol. The van der Waals surface area contributed by atoms with Crippen LogP contribution in [0.2, 0.25) is 0 Å². The zero-order valence-electron chi connectivity index (χ0n) is 11.2. The first-order valence-corrected chi connectivity index (χ1v) is 6.55. The highest BCUT2D eigenvalue weighted by atomic mass is 35.5. The molecule has 1 fully saturated rings. The average Bonchev–Trinajstić information content (AvgIpc) is 2.69.